The lowest BCUT2D eigenvalue weighted by Gasteiger charge is -2.16. The standard InChI is InChI=1S/C15H34N2/c1-5-6-10-13-17(4)14-11-8-7-9-12-16-15(2)3/h15-16H,5-14H2,1-4H3. The summed E-state index contributed by atoms with van der Waals surface area (Å²) < 4.78 is 0. The molecule has 0 aliphatic heterocycles. The van der Waals surface area contributed by atoms with Crippen molar-refractivity contribution in [1.29, 1.82) is 0 Å². The van der Waals surface area contributed by atoms with Crippen molar-refractivity contribution in [2.45, 2.75) is 71.8 Å². The van der Waals surface area contributed by atoms with Crippen LogP contribution < -0.4 is 5.32 Å². The number of rotatable bonds is 12. The third-order valence-electron chi connectivity index (χ3n) is 3.16. The summed E-state index contributed by atoms with van der Waals surface area (Å²) in [6, 6.07) is 0.639. The fourth-order valence-corrected chi connectivity index (χ4v) is 1.99. The molecule has 0 aliphatic rings. The van der Waals surface area contributed by atoms with Gasteiger partial charge in [0, 0.05) is 6.04 Å². The third kappa shape index (κ3) is 13.9. The van der Waals surface area contributed by atoms with E-state index in [2.05, 4.69) is 38.0 Å². The maximum atomic E-state index is 3.47. The van der Waals surface area contributed by atoms with Gasteiger partial charge in [-0.15, -0.1) is 0 Å². The monoisotopic (exact) mass is 242 g/mol. The topological polar surface area (TPSA) is 15.3 Å². The van der Waals surface area contributed by atoms with Crippen molar-refractivity contribution >= 4 is 0 Å². The van der Waals surface area contributed by atoms with Crippen molar-refractivity contribution in [3.8, 4) is 0 Å². The van der Waals surface area contributed by atoms with Gasteiger partial charge < -0.3 is 10.2 Å². The van der Waals surface area contributed by atoms with Crippen LogP contribution in [0.3, 0.4) is 0 Å². The Balaban J connectivity index is 3.11. The summed E-state index contributed by atoms with van der Waals surface area (Å²) in [6.45, 7) is 10.4. The van der Waals surface area contributed by atoms with Crippen molar-refractivity contribution in [1.82, 2.24) is 10.2 Å². The van der Waals surface area contributed by atoms with E-state index in [0.29, 0.717) is 6.04 Å². The normalized spacial score (nSPS) is 11.6. The third-order valence-corrected chi connectivity index (χ3v) is 3.16. The zero-order valence-electron chi connectivity index (χ0n) is 12.6. The van der Waals surface area contributed by atoms with E-state index in [-0.39, 0.29) is 0 Å². The molecule has 0 aromatic carbocycles. The molecule has 0 bridgehead atoms. The molecule has 17 heavy (non-hydrogen) atoms. The van der Waals surface area contributed by atoms with Gasteiger partial charge in [-0.2, -0.15) is 0 Å². The molecule has 0 spiro atoms. The van der Waals surface area contributed by atoms with Crippen LogP contribution in [0, 0.1) is 0 Å². The van der Waals surface area contributed by atoms with Crippen molar-refractivity contribution in [2.75, 3.05) is 26.7 Å². The largest absolute Gasteiger partial charge is 0.315 e. The van der Waals surface area contributed by atoms with E-state index < -0.39 is 0 Å². The highest BCUT2D eigenvalue weighted by atomic mass is 15.1. The van der Waals surface area contributed by atoms with Gasteiger partial charge in [-0.3, -0.25) is 0 Å². The Labute approximate surface area is 109 Å². The van der Waals surface area contributed by atoms with Gasteiger partial charge in [0.1, 0.15) is 0 Å². The van der Waals surface area contributed by atoms with Gasteiger partial charge in [0.2, 0.25) is 0 Å². The molecular weight excluding hydrogens is 208 g/mol. The van der Waals surface area contributed by atoms with Gasteiger partial charge in [-0.25, -0.2) is 0 Å². The molecule has 0 fully saturated rings. The second-order valence-corrected chi connectivity index (χ2v) is 5.53. The minimum atomic E-state index is 0.639. The second-order valence-electron chi connectivity index (χ2n) is 5.53. The molecule has 0 amide bonds. The molecule has 2 nitrogen and oxygen atoms in total. The second kappa shape index (κ2) is 12.4. The Kier molecular flexibility index (Phi) is 12.3. The maximum Gasteiger partial charge on any atom is 0.00103 e. The summed E-state index contributed by atoms with van der Waals surface area (Å²) in [7, 11) is 2.26. The fraction of sp³-hybridized carbons (Fsp3) is 1.00. The summed E-state index contributed by atoms with van der Waals surface area (Å²) >= 11 is 0. The van der Waals surface area contributed by atoms with Crippen molar-refractivity contribution in [3.05, 3.63) is 0 Å². The quantitative estimate of drug-likeness (QED) is 0.525. The average molecular weight is 242 g/mol. The Hall–Kier alpha value is -0.0800. The minimum absolute atomic E-state index is 0.639. The highest BCUT2D eigenvalue weighted by Crippen LogP contribution is 2.02. The lowest BCUT2D eigenvalue weighted by molar-refractivity contribution is 0.316. The van der Waals surface area contributed by atoms with E-state index in [9.17, 15) is 0 Å². The predicted molar refractivity (Wildman–Crippen MR) is 78.6 cm³/mol. The Morgan fingerprint density at radius 2 is 1.47 bits per heavy atom. The zero-order chi connectivity index (χ0) is 12.9. The average Bonchev–Trinajstić information content (AvgIpc) is 2.28. The van der Waals surface area contributed by atoms with Crippen LogP contribution >= 0.6 is 0 Å². The summed E-state index contributed by atoms with van der Waals surface area (Å²) in [5.74, 6) is 0. The lowest BCUT2D eigenvalue weighted by atomic mass is 10.2. The van der Waals surface area contributed by atoms with Crippen LogP contribution in [0.25, 0.3) is 0 Å². The van der Waals surface area contributed by atoms with Crippen LogP contribution in [0.4, 0.5) is 0 Å². The van der Waals surface area contributed by atoms with E-state index in [1.165, 1.54) is 64.6 Å². The van der Waals surface area contributed by atoms with Gasteiger partial charge in [-0.05, 0) is 45.9 Å². The molecule has 0 aliphatic carbocycles. The molecule has 104 valence electrons. The van der Waals surface area contributed by atoms with E-state index in [1.807, 2.05) is 0 Å². The van der Waals surface area contributed by atoms with Crippen LogP contribution in [0.1, 0.15) is 65.7 Å². The van der Waals surface area contributed by atoms with Gasteiger partial charge >= 0.3 is 0 Å². The van der Waals surface area contributed by atoms with E-state index >= 15 is 0 Å². The molecular formula is C15H34N2. The lowest BCUT2D eigenvalue weighted by Crippen LogP contribution is -2.23. The molecule has 0 aromatic heterocycles. The SMILES string of the molecule is CCCCCN(C)CCCCCCNC(C)C. The van der Waals surface area contributed by atoms with E-state index in [1.54, 1.807) is 0 Å². The fourth-order valence-electron chi connectivity index (χ4n) is 1.99. The first kappa shape index (κ1) is 16.9. The number of nitrogens with zero attached hydrogens (tertiary/aromatic N) is 1. The molecule has 0 saturated heterocycles. The Bertz CT molecular complexity index is 146. The molecule has 0 rings (SSSR count). The molecule has 0 atom stereocenters. The molecule has 0 saturated carbocycles. The van der Waals surface area contributed by atoms with Gasteiger partial charge in [-0.1, -0.05) is 46.5 Å². The van der Waals surface area contributed by atoms with Gasteiger partial charge in [0.05, 0.1) is 0 Å². The van der Waals surface area contributed by atoms with Crippen LogP contribution in [0.15, 0.2) is 0 Å². The number of hydrogen-bond donors (Lipinski definition) is 1. The highest BCUT2D eigenvalue weighted by Gasteiger charge is 1.98. The number of nitrogens with one attached hydrogen (secondary N) is 1. The number of unbranched alkanes of at least 4 members (excludes halogenated alkanes) is 5. The minimum Gasteiger partial charge on any atom is -0.315 e. The summed E-state index contributed by atoms with van der Waals surface area (Å²) in [4.78, 5) is 2.49. The van der Waals surface area contributed by atoms with Crippen LogP contribution in [-0.2, 0) is 0 Å². The van der Waals surface area contributed by atoms with E-state index in [4.69, 9.17) is 0 Å². The zero-order valence-corrected chi connectivity index (χ0v) is 12.6. The first-order valence-corrected chi connectivity index (χ1v) is 7.58. The molecule has 0 heterocycles. The van der Waals surface area contributed by atoms with Crippen molar-refractivity contribution < 1.29 is 0 Å². The summed E-state index contributed by atoms with van der Waals surface area (Å²) in [5, 5.41) is 3.47. The highest BCUT2D eigenvalue weighted by molar-refractivity contribution is 4.55. The molecule has 0 unspecified atom stereocenters. The van der Waals surface area contributed by atoms with Crippen LogP contribution in [0.5, 0.6) is 0 Å². The first-order chi connectivity index (χ1) is 8.16. The van der Waals surface area contributed by atoms with E-state index in [0.717, 1.165) is 0 Å². The first-order valence-electron chi connectivity index (χ1n) is 7.58. The molecule has 1 N–H and O–H groups in total. The van der Waals surface area contributed by atoms with Crippen molar-refractivity contribution in [3.63, 3.8) is 0 Å². The van der Waals surface area contributed by atoms with Crippen LogP contribution in [0.2, 0.25) is 0 Å². The molecule has 0 radical (unpaired) electrons. The molecule has 0 aromatic rings. The Morgan fingerprint density at radius 1 is 0.882 bits per heavy atom. The smallest absolute Gasteiger partial charge is 0.00103 e. The van der Waals surface area contributed by atoms with Crippen molar-refractivity contribution in [2.24, 2.45) is 0 Å². The van der Waals surface area contributed by atoms with Gasteiger partial charge in [0.25, 0.3) is 0 Å². The van der Waals surface area contributed by atoms with Crippen LogP contribution in [-0.4, -0.2) is 37.6 Å². The maximum absolute atomic E-state index is 3.47. The number of hydrogen-bond acceptors (Lipinski definition) is 2. The van der Waals surface area contributed by atoms with Gasteiger partial charge in [0.15, 0.2) is 0 Å². The predicted octanol–water partition coefficient (Wildman–Crippen LogP) is 3.67. The molecule has 2 heteroatoms. The summed E-state index contributed by atoms with van der Waals surface area (Å²) in [6.07, 6.45) is 9.54. The Morgan fingerprint density at radius 3 is 2.06 bits per heavy atom. The summed E-state index contributed by atoms with van der Waals surface area (Å²) in [5.41, 5.74) is 0.